The number of halogens is 2. The van der Waals surface area contributed by atoms with Crippen molar-refractivity contribution >= 4 is 11.6 Å². The molecule has 1 aromatic rings. The van der Waals surface area contributed by atoms with Gasteiger partial charge in [-0.25, -0.2) is 4.39 Å². The molecule has 0 spiro atoms. The van der Waals surface area contributed by atoms with Gasteiger partial charge in [0.1, 0.15) is 5.82 Å². The molecule has 16 heavy (non-hydrogen) atoms. The normalized spacial score (nSPS) is 24.9. The molecule has 1 fully saturated rings. The van der Waals surface area contributed by atoms with Crippen LogP contribution in [0.5, 0.6) is 0 Å². The smallest absolute Gasteiger partial charge is 0.127 e. The molecule has 2 nitrogen and oxygen atoms in total. The lowest BCUT2D eigenvalue weighted by atomic mass is 9.93. The Morgan fingerprint density at radius 1 is 1.56 bits per heavy atom. The predicted molar refractivity (Wildman–Crippen MR) is 62.3 cm³/mol. The van der Waals surface area contributed by atoms with Crippen LogP contribution in [0.25, 0.3) is 0 Å². The monoisotopic (exact) mass is 243 g/mol. The van der Waals surface area contributed by atoms with Gasteiger partial charge in [0.25, 0.3) is 0 Å². The number of hydrogen-bond acceptors (Lipinski definition) is 2. The Morgan fingerprint density at radius 3 is 2.94 bits per heavy atom. The summed E-state index contributed by atoms with van der Waals surface area (Å²) in [6, 6.07) is 4.77. The molecule has 0 aromatic heterocycles. The Labute approximate surface area is 99.7 Å². The Morgan fingerprint density at radius 2 is 2.38 bits per heavy atom. The Kier molecular flexibility index (Phi) is 3.47. The van der Waals surface area contributed by atoms with Crippen molar-refractivity contribution in [1.82, 2.24) is 5.32 Å². The van der Waals surface area contributed by atoms with Gasteiger partial charge in [-0.3, -0.25) is 0 Å². The molecule has 88 valence electrons. The van der Waals surface area contributed by atoms with Crippen molar-refractivity contribution in [3.63, 3.8) is 0 Å². The Hall–Kier alpha value is -0.640. The second-order valence-electron chi connectivity index (χ2n) is 4.19. The van der Waals surface area contributed by atoms with E-state index in [1.165, 1.54) is 6.07 Å². The van der Waals surface area contributed by atoms with E-state index in [2.05, 4.69) is 5.32 Å². The summed E-state index contributed by atoms with van der Waals surface area (Å²) in [7, 11) is 1.67. The second kappa shape index (κ2) is 4.70. The van der Waals surface area contributed by atoms with Crippen LogP contribution in [0.2, 0.25) is 5.02 Å². The van der Waals surface area contributed by atoms with E-state index in [4.69, 9.17) is 16.3 Å². The van der Waals surface area contributed by atoms with Crippen LogP contribution >= 0.6 is 11.6 Å². The Balaban J connectivity index is 2.25. The summed E-state index contributed by atoms with van der Waals surface area (Å²) >= 11 is 6.01. The van der Waals surface area contributed by atoms with Crippen molar-refractivity contribution in [2.45, 2.75) is 18.4 Å². The summed E-state index contributed by atoms with van der Waals surface area (Å²) in [4.78, 5) is 0. The summed E-state index contributed by atoms with van der Waals surface area (Å²) in [6.07, 6.45) is 1.40. The maximum Gasteiger partial charge on any atom is 0.127 e. The van der Waals surface area contributed by atoms with Crippen molar-refractivity contribution in [3.8, 4) is 0 Å². The number of ether oxygens (including phenoxy) is 1. The van der Waals surface area contributed by atoms with Gasteiger partial charge >= 0.3 is 0 Å². The van der Waals surface area contributed by atoms with Gasteiger partial charge in [-0.2, -0.15) is 0 Å². The first-order chi connectivity index (χ1) is 7.67. The SMILES string of the molecule is COC1(Cc2c(F)cccc2Cl)CCNC1. The van der Waals surface area contributed by atoms with Crippen LogP contribution in [0.4, 0.5) is 4.39 Å². The molecule has 1 aliphatic rings. The first kappa shape index (κ1) is 11.8. The lowest BCUT2D eigenvalue weighted by Crippen LogP contribution is -2.36. The van der Waals surface area contributed by atoms with Crippen LogP contribution in [0, 0.1) is 5.82 Å². The topological polar surface area (TPSA) is 21.3 Å². The Bertz CT molecular complexity index is 357. The molecule has 1 heterocycles. The molecule has 1 N–H and O–H groups in total. The fraction of sp³-hybridized carbons (Fsp3) is 0.500. The summed E-state index contributed by atoms with van der Waals surface area (Å²) in [5.41, 5.74) is 0.237. The first-order valence-corrected chi connectivity index (χ1v) is 5.73. The minimum absolute atomic E-state index is 0.254. The van der Waals surface area contributed by atoms with Crippen molar-refractivity contribution < 1.29 is 9.13 Å². The average molecular weight is 244 g/mol. The average Bonchev–Trinajstić information content (AvgIpc) is 2.73. The summed E-state index contributed by atoms with van der Waals surface area (Å²) in [5, 5.41) is 3.71. The zero-order valence-electron chi connectivity index (χ0n) is 9.22. The molecule has 0 amide bonds. The molecule has 1 aromatic carbocycles. The fourth-order valence-electron chi connectivity index (χ4n) is 2.14. The van der Waals surface area contributed by atoms with E-state index >= 15 is 0 Å². The van der Waals surface area contributed by atoms with Crippen molar-refractivity contribution in [3.05, 3.63) is 34.6 Å². The highest BCUT2D eigenvalue weighted by atomic mass is 35.5. The fourth-order valence-corrected chi connectivity index (χ4v) is 2.37. The van der Waals surface area contributed by atoms with Crippen LogP contribution in [0.3, 0.4) is 0 Å². The maximum absolute atomic E-state index is 13.6. The molecule has 0 saturated carbocycles. The van der Waals surface area contributed by atoms with Gasteiger partial charge in [0.15, 0.2) is 0 Å². The maximum atomic E-state index is 13.6. The molecule has 1 saturated heterocycles. The summed E-state index contributed by atoms with van der Waals surface area (Å²) in [6.45, 7) is 1.65. The largest absolute Gasteiger partial charge is 0.377 e. The highest BCUT2D eigenvalue weighted by molar-refractivity contribution is 6.31. The lowest BCUT2D eigenvalue weighted by molar-refractivity contribution is 0.00714. The van der Waals surface area contributed by atoms with Gasteiger partial charge in [0, 0.05) is 30.7 Å². The third-order valence-corrected chi connectivity index (χ3v) is 3.55. The molecule has 0 bridgehead atoms. The molecule has 1 aliphatic heterocycles. The van der Waals surface area contributed by atoms with Gasteiger partial charge in [-0.05, 0) is 25.1 Å². The van der Waals surface area contributed by atoms with E-state index in [1.54, 1.807) is 19.2 Å². The first-order valence-electron chi connectivity index (χ1n) is 5.36. The minimum atomic E-state index is -0.314. The molecule has 2 rings (SSSR count). The van der Waals surface area contributed by atoms with Gasteiger partial charge in [-0.1, -0.05) is 17.7 Å². The number of nitrogens with one attached hydrogen (secondary N) is 1. The number of methoxy groups -OCH3 is 1. The highest BCUT2D eigenvalue weighted by Crippen LogP contribution is 2.29. The summed E-state index contributed by atoms with van der Waals surface area (Å²) < 4.78 is 19.2. The molecule has 0 aliphatic carbocycles. The van der Waals surface area contributed by atoms with Crippen LogP contribution in [-0.4, -0.2) is 25.8 Å². The van der Waals surface area contributed by atoms with Gasteiger partial charge in [0.05, 0.1) is 5.60 Å². The predicted octanol–water partition coefficient (Wildman–Crippen LogP) is 2.40. The van der Waals surface area contributed by atoms with Crippen LogP contribution in [-0.2, 0) is 11.2 Å². The third kappa shape index (κ3) is 2.21. The van der Waals surface area contributed by atoms with E-state index in [0.29, 0.717) is 17.0 Å². The molecule has 1 atom stereocenters. The minimum Gasteiger partial charge on any atom is -0.377 e. The molecule has 4 heteroatoms. The number of rotatable bonds is 3. The molecular weight excluding hydrogens is 229 g/mol. The third-order valence-electron chi connectivity index (χ3n) is 3.20. The van der Waals surface area contributed by atoms with E-state index in [0.717, 1.165) is 19.5 Å². The van der Waals surface area contributed by atoms with E-state index < -0.39 is 0 Å². The van der Waals surface area contributed by atoms with E-state index in [-0.39, 0.29) is 11.4 Å². The number of hydrogen-bond donors (Lipinski definition) is 1. The number of benzene rings is 1. The lowest BCUT2D eigenvalue weighted by Gasteiger charge is -2.27. The zero-order chi connectivity index (χ0) is 11.6. The van der Waals surface area contributed by atoms with Crippen LogP contribution in [0.15, 0.2) is 18.2 Å². The van der Waals surface area contributed by atoms with Crippen molar-refractivity contribution in [1.29, 1.82) is 0 Å². The van der Waals surface area contributed by atoms with Crippen LogP contribution in [0.1, 0.15) is 12.0 Å². The quantitative estimate of drug-likeness (QED) is 0.880. The molecular formula is C12H15ClFNO. The molecule has 1 unspecified atom stereocenters. The van der Waals surface area contributed by atoms with Gasteiger partial charge in [-0.15, -0.1) is 0 Å². The van der Waals surface area contributed by atoms with Crippen LogP contribution < -0.4 is 5.32 Å². The standard InChI is InChI=1S/C12H15ClFNO/c1-16-12(5-6-15-8-12)7-9-10(13)3-2-4-11(9)14/h2-4,15H,5-8H2,1H3. The van der Waals surface area contributed by atoms with Crippen molar-refractivity contribution in [2.24, 2.45) is 0 Å². The summed E-state index contributed by atoms with van der Waals surface area (Å²) in [5.74, 6) is -0.254. The van der Waals surface area contributed by atoms with E-state index in [9.17, 15) is 4.39 Å². The van der Waals surface area contributed by atoms with Gasteiger partial charge in [0.2, 0.25) is 0 Å². The van der Waals surface area contributed by atoms with E-state index in [1.807, 2.05) is 0 Å². The van der Waals surface area contributed by atoms with Gasteiger partial charge < -0.3 is 10.1 Å². The second-order valence-corrected chi connectivity index (χ2v) is 4.60. The van der Waals surface area contributed by atoms with Crippen molar-refractivity contribution in [2.75, 3.05) is 20.2 Å². The zero-order valence-corrected chi connectivity index (χ0v) is 9.98. The highest BCUT2D eigenvalue weighted by Gasteiger charge is 2.35. The molecule has 0 radical (unpaired) electrons.